The molecule has 4 heteroatoms. The Labute approximate surface area is 137 Å². The molecule has 0 aliphatic heterocycles. The van der Waals surface area contributed by atoms with Crippen molar-refractivity contribution in [2.45, 2.75) is 6.42 Å². The van der Waals surface area contributed by atoms with Crippen LogP contribution in [0.2, 0.25) is 0 Å². The molecule has 0 aliphatic rings. The van der Waals surface area contributed by atoms with Crippen molar-refractivity contribution in [3.8, 4) is 16.9 Å². The second kappa shape index (κ2) is 8.34. The van der Waals surface area contributed by atoms with E-state index in [0.29, 0.717) is 18.7 Å². The molecule has 0 saturated heterocycles. The van der Waals surface area contributed by atoms with Crippen LogP contribution in [-0.2, 0) is 4.74 Å². The first-order valence-electron chi connectivity index (χ1n) is 7.66. The molecular weight excluding hydrogens is 290 g/mol. The summed E-state index contributed by atoms with van der Waals surface area (Å²) in [6.07, 6.45) is 0.815. The van der Waals surface area contributed by atoms with E-state index in [0.717, 1.165) is 23.3 Å². The number of carbonyl (C=O) groups excluding carboxylic acids is 1. The van der Waals surface area contributed by atoms with Gasteiger partial charge < -0.3 is 14.4 Å². The van der Waals surface area contributed by atoms with E-state index >= 15 is 0 Å². The standard InChI is InChI=1S/C19H23NO3/c1-20(13-8-14-22-2)19(21)17-11-5-4-9-15(17)16-10-6-7-12-18(16)23-3/h4-7,9-12H,8,13-14H2,1-3H3. The number of amides is 1. The number of carbonyl (C=O) groups is 1. The van der Waals surface area contributed by atoms with Crippen LogP contribution in [-0.4, -0.2) is 45.2 Å². The maximum Gasteiger partial charge on any atom is 0.254 e. The highest BCUT2D eigenvalue weighted by Gasteiger charge is 2.17. The number of ether oxygens (including phenoxy) is 2. The van der Waals surface area contributed by atoms with Crippen molar-refractivity contribution in [2.75, 3.05) is 34.4 Å². The van der Waals surface area contributed by atoms with Gasteiger partial charge >= 0.3 is 0 Å². The van der Waals surface area contributed by atoms with Crippen molar-refractivity contribution in [2.24, 2.45) is 0 Å². The normalized spacial score (nSPS) is 10.4. The van der Waals surface area contributed by atoms with Crippen molar-refractivity contribution in [3.05, 3.63) is 54.1 Å². The van der Waals surface area contributed by atoms with E-state index in [1.165, 1.54) is 0 Å². The Morgan fingerprint density at radius 3 is 2.35 bits per heavy atom. The molecule has 0 radical (unpaired) electrons. The molecule has 0 fully saturated rings. The number of para-hydroxylation sites is 1. The molecule has 0 aromatic heterocycles. The highest BCUT2D eigenvalue weighted by Crippen LogP contribution is 2.32. The maximum atomic E-state index is 12.8. The lowest BCUT2D eigenvalue weighted by Gasteiger charge is -2.19. The molecule has 2 aromatic rings. The van der Waals surface area contributed by atoms with Crippen LogP contribution in [0.15, 0.2) is 48.5 Å². The number of nitrogens with zero attached hydrogens (tertiary/aromatic N) is 1. The zero-order valence-electron chi connectivity index (χ0n) is 13.9. The second-order valence-electron chi connectivity index (χ2n) is 5.32. The van der Waals surface area contributed by atoms with Crippen molar-refractivity contribution in [3.63, 3.8) is 0 Å². The number of methoxy groups -OCH3 is 2. The van der Waals surface area contributed by atoms with E-state index in [1.807, 2.05) is 55.6 Å². The number of rotatable bonds is 7. The molecule has 2 rings (SSSR count). The van der Waals surface area contributed by atoms with Gasteiger partial charge in [-0.3, -0.25) is 4.79 Å². The lowest BCUT2D eigenvalue weighted by atomic mass is 9.98. The lowest BCUT2D eigenvalue weighted by Crippen LogP contribution is -2.28. The van der Waals surface area contributed by atoms with E-state index in [1.54, 1.807) is 19.1 Å². The van der Waals surface area contributed by atoms with Crippen LogP contribution in [0.1, 0.15) is 16.8 Å². The third kappa shape index (κ3) is 4.11. The monoisotopic (exact) mass is 313 g/mol. The van der Waals surface area contributed by atoms with E-state index < -0.39 is 0 Å². The highest BCUT2D eigenvalue weighted by atomic mass is 16.5. The molecule has 0 aliphatic carbocycles. The summed E-state index contributed by atoms with van der Waals surface area (Å²) in [6.45, 7) is 1.30. The van der Waals surface area contributed by atoms with Gasteiger partial charge in [0.1, 0.15) is 5.75 Å². The van der Waals surface area contributed by atoms with E-state index in [9.17, 15) is 4.79 Å². The van der Waals surface area contributed by atoms with Crippen LogP contribution in [0.5, 0.6) is 5.75 Å². The SMILES string of the molecule is COCCCN(C)C(=O)c1ccccc1-c1ccccc1OC. The van der Waals surface area contributed by atoms with Gasteiger partial charge in [0, 0.05) is 38.4 Å². The van der Waals surface area contributed by atoms with Crippen molar-refractivity contribution in [1.82, 2.24) is 4.90 Å². The Kier molecular flexibility index (Phi) is 6.18. The average molecular weight is 313 g/mol. The van der Waals surface area contributed by atoms with Gasteiger partial charge in [-0.05, 0) is 24.1 Å². The first kappa shape index (κ1) is 17.0. The largest absolute Gasteiger partial charge is 0.496 e. The van der Waals surface area contributed by atoms with Crippen LogP contribution in [0.4, 0.5) is 0 Å². The maximum absolute atomic E-state index is 12.8. The fourth-order valence-electron chi connectivity index (χ4n) is 2.52. The minimum absolute atomic E-state index is 0.00242. The van der Waals surface area contributed by atoms with Crippen LogP contribution >= 0.6 is 0 Å². The molecule has 23 heavy (non-hydrogen) atoms. The average Bonchev–Trinajstić information content (AvgIpc) is 2.61. The summed E-state index contributed by atoms with van der Waals surface area (Å²) < 4.78 is 10.5. The summed E-state index contributed by atoms with van der Waals surface area (Å²) in [6, 6.07) is 15.4. The van der Waals surface area contributed by atoms with Crippen LogP contribution < -0.4 is 4.74 Å². The molecule has 0 spiro atoms. The van der Waals surface area contributed by atoms with Crippen LogP contribution in [0, 0.1) is 0 Å². The fourth-order valence-corrected chi connectivity index (χ4v) is 2.52. The third-order valence-corrected chi connectivity index (χ3v) is 3.74. The summed E-state index contributed by atoms with van der Waals surface area (Å²) in [5.41, 5.74) is 2.48. The van der Waals surface area contributed by atoms with Gasteiger partial charge in [-0.15, -0.1) is 0 Å². The van der Waals surface area contributed by atoms with Gasteiger partial charge in [0.2, 0.25) is 0 Å². The Balaban J connectivity index is 2.32. The number of hydrogen-bond donors (Lipinski definition) is 0. The predicted molar refractivity (Wildman–Crippen MR) is 91.9 cm³/mol. The Bertz CT molecular complexity index is 655. The fraction of sp³-hybridized carbons (Fsp3) is 0.316. The Morgan fingerprint density at radius 2 is 1.65 bits per heavy atom. The van der Waals surface area contributed by atoms with Gasteiger partial charge in [0.25, 0.3) is 5.91 Å². The summed E-state index contributed by atoms with van der Waals surface area (Å²) in [5, 5.41) is 0. The zero-order chi connectivity index (χ0) is 16.7. The molecule has 4 nitrogen and oxygen atoms in total. The van der Waals surface area contributed by atoms with Gasteiger partial charge in [-0.1, -0.05) is 36.4 Å². The van der Waals surface area contributed by atoms with Crippen LogP contribution in [0.3, 0.4) is 0 Å². The zero-order valence-corrected chi connectivity index (χ0v) is 13.9. The first-order valence-corrected chi connectivity index (χ1v) is 7.66. The quantitative estimate of drug-likeness (QED) is 0.735. The minimum Gasteiger partial charge on any atom is -0.496 e. The molecule has 0 unspecified atom stereocenters. The molecule has 0 bridgehead atoms. The molecular formula is C19H23NO3. The van der Waals surface area contributed by atoms with E-state index in [2.05, 4.69) is 0 Å². The predicted octanol–water partition coefficient (Wildman–Crippen LogP) is 3.47. The molecule has 0 atom stereocenters. The molecule has 0 heterocycles. The summed E-state index contributed by atoms with van der Waals surface area (Å²) in [4.78, 5) is 14.5. The van der Waals surface area contributed by atoms with E-state index in [4.69, 9.17) is 9.47 Å². The molecule has 0 saturated carbocycles. The van der Waals surface area contributed by atoms with Crippen molar-refractivity contribution < 1.29 is 14.3 Å². The third-order valence-electron chi connectivity index (χ3n) is 3.74. The number of hydrogen-bond acceptors (Lipinski definition) is 3. The molecule has 1 amide bonds. The highest BCUT2D eigenvalue weighted by molar-refractivity contribution is 6.01. The molecule has 122 valence electrons. The Hall–Kier alpha value is -2.33. The lowest BCUT2D eigenvalue weighted by molar-refractivity contribution is 0.0780. The van der Waals surface area contributed by atoms with Crippen molar-refractivity contribution in [1.29, 1.82) is 0 Å². The summed E-state index contributed by atoms with van der Waals surface area (Å²) in [5.74, 6) is 0.761. The first-order chi connectivity index (χ1) is 11.2. The molecule has 0 N–H and O–H groups in total. The smallest absolute Gasteiger partial charge is 0.254 e. The number of benzene rings is 2. The van der Waals surface area contributed by atoms with E-state index in [-0.39, 0.29) is 5.91 Å². The van der Waals surface area contributed by atoms with Gasteiger partial charge in [0.05, 0.1) is 7.11 Å². The molecule has 2 aromatic carbocycles. The van der Waals surface area contributed by atoms with Crippen molar-refractivity contribution >= 4 is 5.91 Å². The van der Waals surface area contributed by atoms with Gasteiger partial charge in [0.15, 0.2) is 0 Å². The summed E-state index contributed by atoms with van der Waals surface area (Å²) >= 11 is 0. The van der Waals surface area contributed by atoms with Gasteiger partial charge in [-0.25, -0.2) is 0 Å². The minimum atomic E-state index is 0.00242. The van der Waals surface area contributed by atoms with Gasteiger partial charge in [-0.2, -0.15) is 0 Å². The Morgan fingerprint density at radius 1 is 1.00 bits per heavy atom. The van der Waals surface area contributed by atoms with Crippen LogP contribution in [0.25, 0.3) is 11.1 Å². The second-order valence-corrected chi connectivity index (χ2v) is 5.32. The summed E-state index contributed by atoms with van der Waals surface area (Å²) in [7, 11) is 5.12. The topological polar surface area (TPSA) is 38.8 Å².